The summed E-state index contributed by atoms with van der Waals surface area (Å²) in [4.78, 5) is 9.02. The van der Waals surface area contributed by atoms with E-state index in [2.05, 4.69) is 22.2 Å². The molecule has 0 radical (unpaired) electrons. The quantitative estimate of drug-likeness (QED) is 0.523. The van der Waals surface area contributed by atoms with Crippen LogP contribution in [-0.2, 0) is 6.42 Å². The second-order valence-corrected chi connectivity index (χ2v) is 6.43. The van der Waals surface area contributed by atoms with Crippen molar-refractivity contribution in [3.63, 3.8) is 0 Å². The van der Waals surface area contributed by atoms with E-state index in [0.717, 1.165) is 34.4 Å². The lowest BCUT2D eigenvalue weighted by Gasteiger charge is -2.22. The van der Waals surface area contributed by atoms with Gasteiger partial charge in [0.15, 0.2) is 0 Å². The van der Waals surface area contributed by atoms with E-state index in [4.69, 9.17) is 0 Å². The Balaban J connectivity index is 1.85. The van der Waals surface area contributed by atoms with Gasteiger partial charge >= 0.3 is 0 Å². The van der Waals surface area contributed by atoms with Gasteiger partial charge in [-0.05, 0) is 30.2 Å². The minimum Gasteiger partial charge on any atom is -0.505 e. The lowest BCUT2D eigenvalue weighted by molar-refractivity contribution is 0.471. The summed E-state index contributed by atoms with van der Waals surface area (Å²) < 4.78 is 0. The summed E-state index contributed by atoms with van der Waals surface area (Å²) in [7, 11) is 0. The van der Waals surface area contributed by atoms with Gasteiger partial charge in [0.25, 0.3) is 0 Å². The molecular weight excluding hydrogens is 334 g/mol. The summed E-state index contributed by atoms with van der Waals surface area (Å²) in [6.45, 7) is 2.06. The van der Waals surface area contributed by atoms with Crippen LogP contribution < -0.4 is 5.32 Å². The number of fused-ring (bicyclic) bond motifs is 1. The Morgan fingerprint density at radius 3 is 2.44 bits per heavy atom. The van der Waals surface area contributed by atoms with Gasteiger partial charge in [0.1, 0.15) is 17.1 Å². The largest absolute Gasteiger partial charge is 0.505 e. The van der Waals surface area contributed by atoms with E-state index in [-0.39, 0.29) is 11.8 Å². The molecule has 2 N–H and O–H groups in total. The van der Waals surface area contributed by atoms with E-state index in [1.165, 1.54) is 0 Å². The molecule has 0 aliphatic heterocycles. The molecule has 0 aliphatic carbocycles. The lowest BCUT2D eigenvalue weighted by atomic mass is 9.96. The Labute approximate surface area is 158 Å². The number of hydrogen-bond donors (Lipinski definition) is 2. The third-order valence-corrected chi connectivity index (χ3v) is 4.69. The molecule has 0 bridgehead atoms. The maximum Gasteiger partial charge on any atom is 0.147 e. The normalized spacial score (nSPS) is 12.0. The molecular formula is C23H21N3O. The smallest absolute Gasteiger partial charge is 0.147 e. The number of aromatic hydroxyl groups is 1. The van der Waals surface area contributed by atoms with Crippen molar-refractivity contribution in [3.8, 4) is 5.75 Å². The van der Waals surface area contributed by atoms with Crippen molar-refractivity contribution in [2.24, 2.45) is 0 Å². The van der Waals surface area contributed by atoms with Crippen molar-refractivity contribution >= 4 is 16.7 Å². The average molecular weight is 355 g/mol. The van der Waals surface area contributed by atoms with Gasteiger partial charge < -0.3 is 10.4 Å². The number of phenolic OH excluding ortho intramolecular Hbond substituents is 1. The summed E-state index contributed by atoms with van der Waals surface area (Å²) in [5.41, 5.74) is 3.42. The average Bonchev–Trinajstić information content (AvgIpc) is 2.74. The van der Waals surface area contributed by atoms with E-state index in [0.29, 0.717) is 5.52 Å². The Hall–Kier alpha value is -3.40. The van der Waals surface area contributed by atoms with Gasteiger partial charge in [-0.3, -0.25) is 0 Å². The highest BCUT2D eigenvalue weighted by molar-refractivity contribution is 5.86. The molecule has 27 heavy (non-hydrogen) atoms. The topological polar surface area (TPSA) is 58.0 Å². The minimum absolute atomic E-state index is 0.208. The van der Waals surface area contributed by atoms with Crippen LogP contribution in [-0.4, -0.2) is 15.1 Å². The highest BCUT2D eigenvalue weighted by Crippen LogP contribution is 2.36. The van der Waals surface area contributed by atoms with E-state index in [1.54, 1.807) is 6.20 Å². The number of anilines is 1. The first-order valence-electron chi connectivity index (χ1n) is 9.10. The SMILES string of the molecule is CCc1ccc2ccc(C(Nc3ccccn3)c3ccccc3)c(O)c2n1. The number of aromatic nitrogens is 2. The summed E-state index contributed by atoms with van der Waals surface area (Å²) in [5.74, 6) is 0.959. The van der Waals surface area contributed by atoms with Gasteiger partial charge in [-0.2, -0.15) is 0 Å². The second kappa shape index (κ2) is 7.46. The van der Waals surface area contributed by atoms with Crippen LogP contribution in [0.1, 0.15) is 29.8 Å². The number of hydrogen-bond acceptors (Lipinski definition) is 4. The van der Waals surface area contributed by atoms with Crippen molar-refractivity contribution in [2.75, 3.05) is 5.32 Å². The molecule has 134 valence electrons. The maximum absolute atomic E-state index is 11.1. The van der Waals surface area contributed by atoms with Crippen LogP contribution in [0.15, 0.2) is 79.0 Å². The summed E-state index contributed by atoms with van der Waals surface area (Å²) in [5, 5.41) is 15.4. The monoisotopic (exact) mass is 355 g/mol. The van der Waals surface area contributed by atoms with Crippen LogP contribution in [0.4, 0.5) is 5.82 Å². The van der Waals surface area contributed by atoms with Crippen molar-refractivity contribution in [3.05, 3.63) is 95.8 Å². The molecule has 0 fully saturated rings. The third kappa shape index (κ3) is 3.47. The van der Waals surface area contributed by atoms with Gasteiger partial charge in [-0.25, -0.2) is 9.97 Å². The predicted molar refractivity (Wildman–Crippen MR) is 109 cm³/mol. The Morgan fingerprint density at radius 1 is 0.926 bits per heavy atom. The molecule has 4 rings (SSSR count). The zero-order valence-electron chi connectivity index (χ0n) is 15.1. The first kappa shape index (κ1) is 17.0. The molecule has 0 aliphatic rings. The van der Waals surface area contributed by atoms with Crippen LogP contribution >= 0.6 is 0 Å². The molecule has 1 unspecified atom stereocenters. The van der Waals surface area contributed by atoms with Crippen molar-refractivity contribution in [2.45, 2.75) is 19.4 Å². The number of aryl methyl sites for hydroxylation is 1. The maximum atomic E-state index is 11.1. The number of phenols is 1. The molecule has 1 atom stereocenters. The second-order valence-electron chi connectivity index (χ2n) is 6.43. The molecule has 4 aromatic rings. The van der Waals surface area contributed by atoms with Crippen molar-refractivity contribution in [1.29, 1.82) is 0 Å². The Kier molecular flexibility index (Phi) is 4.71. The van der Waals surface area contributed by atoms with Gasteiger partial charge in [0.2, 0.25) is 0 Å². The molecule has 4 heteroatoms. The fourth-order valence-electron chi connectivity index (χ4n) is 3.24. The van der Waals surface area contributed by atoms with E-state index < -0.39 is 0 Å². The lowest BCUT2D eigenvalue weighted by Crippen LogP contribution is -2.13. The highest BCUT2D eigenvalue weighted by Gasteiger charge is 2.20. The summed E-state index contributed by atoms with van der Waals surface area (Å²) in [6.07, 6.45) is 2.58. The molecule has 2 heterocycles. The summed E-state index contributed by atoms with van der Waals surface area (Å²) in [6, 6.07) is 23.5. The number of nitrogens with zero attached hydrogens (tertiary/aromatic N) is 2. The van der Waals surface area contributed by atoms with Gasteiger partial charge in [0, 0.05) is 22.8 Å². The van der Waals surface area contributed by atoms with Gasteiger partial charge in [-0.15, -0.1) is 0 Å². The fourth-order valence-corrected chi connectivity index (χ4v) is 3.24. The van der Waals surface area contributed by atoms with E-state index in [9.17, 15) is 5.11 Å². The standard InChI is InChI=1S/C23H21N3O/c1-2-18-13-11-17-12-14-19(23(27)22(17)25-18)21(16-8-4-3-5-9-16)26-20-10-6-7-15-24-20/h3-15,21,27H,2H2,1H3,(H,24,26). The van der Waals surface area contributed by atoms with Gasteiger partial charge in [0.05, 0.1) is 6.04 Å². The number of pyridine rings is 2. The van der Waals surface area contributed by atoms with Crippen molar-refractivity contribution < 1.29 is 5.11 Å². The van der Waals surface area contributed by atoms with Crippen LogP contribution in [0.3, 0.4) is 0 Å². The van der Waals surface area contributed by atoms with Crippen LogP contribution in [0.5, 0.6) is 5.75 Å². The zero-order chi connectivity index (χ0) is 18.6. The Bertz CT molecular complexity index is 1050. The van der Waals surface area contributed by atoms with Gasteiger partial charge in [-0.1, -0.05) is 61.5 Å². The molecule has 0 saturated heterocycles. The molecule has 2 aromatic heterocycles. The van der Waals surface area contributed by atoms with Crippen LogP contribution in [0, 0.1) is 0 Å². The van der Waals surface area contributed by atoms with E-state index in [1.807, 2.05) is 72.8 Å². The first-order chi connectivity index (χ1) is 13.3. The molecule has 2 aromatic carbocycles. The number of rotatable bonds is 5. The molecule has 0 amide bonds. The Morgan fingerprint density at radius 2 is 1.70 bits per heavy atom. The van der Waals surface area contributed by atoms with E-state index >= 15 is 0 Å². The van der Waals surface area contributed by atoms with Crippen LogP contribution in [0.2, 0.25) is 0 Å². The number of nitrogens with one attached hydrogen (secondary N) is 1. The van der Waals surface area contributed by atoms with Crippen molar-refractivity contribution in [1.82, 2.24) is 9.97 Å². The highest BCUT2D eigenvalue weighted by atomic mass is 16.3. The van der Waals surface area contributed by atoms with Crippen LogP contribution in [0.25, 0.3) is 10.9 Å². The molecule has 0 saturated carbocycles. The predicted octanol–water partition coefficient (Wildman–Crippen LogP) is 5.10. The molecule has 0 spiro atoms. The summed E-state index contributed by atoms with van der Waals surface area (Å²) >= 11 is 0. The first-order valence-corrected chi connectivity index (χ1v) is 9.10. The third-order valence-electron chi connectivity index (χ3n) is 4.69. The number of benzene rings is 2. The fraction of sp³-hybridized carbons (Fsp3) is 0.130. The molecule has 4 nitrogen and oxygen atoms in total. The zero-order valence-corrected chi connectivity index (χ0v) is 15.1. The minimum atomic E-state index is -0.238.